The van der Waals surface area contributed by atoms with Crippen molar-refractivity contribution in [3.63, 3.8) is 0 Å². The first-order valence-corrected chi connectivity index (χ1v) is 9.45. The molecule has 0 unspecified atom stereocenters. The van der Waals surface area contributed by atoms with Crippen molar-refractivity contribution in [2.75, 3.05) is 12.4 Å². The second kappa shape index (κ2) is 7.94. The second-order valence-corrected chi connectivity index (χ2v) is 7.17. The van der Waals surface area contributed by atoms with E-state index in [4.69, 9.17) is 4.74 Å². The summed E-state index contributed by atoms with van der Waals surface area (Å²) in [5, 5.41) is 2.48. The molecule has 30 heavy (non-hydrogen) atoms. The Morgan fingerprint density at radius 1 is 1.10 bits per heavy atom. The highest BCUT2D eigenvalue weighted by atomic mass is 19.1. The lowest BCUT2D eigenvalue weighted by atomic mass is 9.81. The first kappa shape index (κ1) is 19.6. The fourth-order valence-electron chi connectivity index (χ4n) is 3.68. The number of methoxy groups -OCH3 is 1. The molecule has 0 saturated heterocycles. The second-order valence-electron chi connectivity index (χ2n) is 7.17. The molecule has 6 nitrogen and oxygen atoms in total. The Kier molecular flexibility index (Phi) is 5.18. The van der Waals surface area contributed by atoms with Crippen LogP contribution in [0.5, 0.6) is 5.75 Å². The number of hydrogen-bond acceptors (Lipinski definition) is 4. The largest absolute Gasteiger partial charge is 0.497 e. The summed E-state index contributed by atoms with van der Waals surface area (Å²) in [4.78, 5) is 40.5. The molecule has 1 amide bonds. The van der Waals surface area contributed by atoms with E-state index in [1.807, 2.05) is 24.3 Å². The van der Waals surface area contributed by atoms with Crippen molar-refractivity contribution in [1.29, 1.82) is 0 Å². The molecule has 0 fully saturated rings. The number of aromatic nitrogens is 1. The maximum absolute atomic E-state index is 13.3. The van der Waals surface area contributed by atoms with E-state index >= 15 is 0 Å². The van der Waals surface area contributed by atoms with Crippen molar-refractivity contribution in [2.45, 2.75) is 18.8 Å². The molecule has 0 radical (unpaired) electrons. The molecule has 2 N–H and O–H groups in total. The van der Waals surface area contributed by atoms with E-state index in [1.165, 1.54) is 24.3 Å². The predicted octanol–water partition coefficient (Wildman–Crippen LogP) is 3.69. The van der Waals surface area contributed by atoms with Crippen LogP contribution in [0.1, 0.15) is 44.3 Å². The molecule has 0 spiro atoms. The van der Waals surface area contributed by atoms with Gasteiger partial charge in [-0.1, -0.05) is 18.2 Å². The highest BCUT2D eigenvalue weighted by Gasteiger charge is 2.29. The Morgan fingerprint density at radius 3 is 2.57 bits per heavy atom. The molecule has 1 heterocycles. The summed E-state index contributed by atoms with van der Waals surface area (Å²) in [5.41, 5.74) is 1.27. The zero-order valence-corrected chi connectivity index (χ0v) is 16.2. The van der Waals surface area contributed by atoms with Crippen LogP contribution in [0.3, 0.4) is 0 Å². The minimum absolute atomic E-state index is 0.0708. The van der Waals surface area contributed by atoms with Crippen molar-refractivity contribution < 1.29 is 18.7 Å². The number of aromatic amines is 1. The number of rotatable bonds is 4. The zero-order chi connectivity index (χ0) is 21.3. The van der Waals surface area contributed by atoms with Crippen molar-refractivity contribution in [3.05, 3.63) is 93.2 Å². The molecule has 1 aromatic heterocycles. The van der Waals surface area contributed by atoms with Gasteiger partial charge in [0.2, 0.25) is 0 Å². The number of hydrogen-bond donors (Lipinski definition) is 2. The van der Waals surface area contributed by atoms with E-state index in [2.05, 4.69) is 10.3 Å². The van der Waals surface area contributed by atoms with Crippen molar-refractivity contribution in [3.8, 4) is 5.75 Å². The molecule has 0 bridgehead atoms. The van der Waals surface area contributed by atoms with Crippen LogP contribution >= 0.6 is 0 Å². The topological polar surface area (TPSA) is 88.3 Å². The third-order valence-corrected chi connectivity index (χ3v) is 5.22. The van der Waals surface area contributed by atoms with E-state index in [0.717, 1.165) is 17.4 Å². The highest BCUT2D eigenvalue weighted by Crippen LogP contribution is 2.32. The normalized spacial score (nSPS) is 15.4. The third kappa shape index (κ3) is 3.87. The van der Waals surface area contributed by atoms with Gasteiger partial charge in [-0.05, 0) is 54.3 Å². The molecule has 4 rings (SSSR count). The molecule has 2 aromatic carbocycles. The number of fused-ring (bicyclic) bond motifs is 1. The smallest absolute Gasteiger partial charge is 0.261 e. The fourth-order valence-corrected chi connectivity index (χ4v) is 3.68. The Bertz CT molecular complexity index is 1180. The number of carbonyl (C=O) groups is 2. The number of amides is 1. The number of nitrogens with one attached hydrogen (secondary N) is 2. The summed E-state index contributed by atoms with van der Waals surface area (Å²) < 4.78 is 18.5. The number of Topliss-reactive ketones (excluding diaryl/α,β-unsaturated/α-hetero) is 1. The number of ether oxygens (including phenoxy) is 1. The standard InChI is InChI=1S/C23H19FN2O4/c1-30-17-7-5-13(6-8-17)14-9-20-18(21(27)10-14)12-19(23(29)26-20)22(28)25-16-4-2-3-15(24)11-16/h2-8,11-12,14H,9-10H2,1H3,(H,25,28)(H,26,29)/t14-/m1/s1. The van der Waals surface area contributed by atoms with E-state index in [0.29, 0.717) is 17.7 Å². The molecular weight excluding hydrogens is 387 g/mol. The van der Waals surface area contributed by atoms with Crippen LogP contribution in [-0.4, -0.2) is 23.8 Å². The lowest BCUT2D eigenvalue weighted by molar-refractivity contribution is 0.0963. The Hall–Kier alpha value is -3.74. The quantitative estimate of drug-likeness (QED) is 0.692. The lowest BCUT2D eigenvalue weighted by Crippen LogP contribution is -2.29. The maximum Gasteiger partial charge on any atom is 0.261 e. The maximum atomic E-state index is 13.3. The van der Waals surface area contributed by atoms with Crippen LogP contribution in [0, 0.1) is 5.82 Å². The van der Waals surface area contributed by atoms with E-state index in [9.17, 15) is 18.8 Å². The SMILES string of the molecule is COc1ccc([C@H]2CC(=O)c3cc(C(=O)Nc4cccc(F)c4)c(=O)[nH]c3C2)cc1. The molecule has 152 valence electrons. The average Bonchev–Trinajstić information content (AvgIpc) is 2.73. The third-order valence-electron chi connectivity index (χ3n) is 5.22. The van der Waals surface area contributed by atoms with Gasteiger partial charge in [-0.15, -0.1) is 0 Å². The minimum atomic E-state index is -0.699. The van der Waals surface area contributed by atoms with Crippen LogP contribution in [0.2, 0.25) is 0 Å². The van der Waals surface area contributed by atoms with Crippen LogP contribution < -0.4 is 15.6 Å². The molecule has 0 saturated carbocycles. The van der Waals surface area contributed by atoms with Gasteiger partial charge in [-0.2, -0.15) is 0 Å². The predicted molar refractivity (Wildman–Crippen MR) is 110 cm³/mol. The molecule has 1 atom stereocenters. The van der Waals surface area contributed by atoms with Crippen molar-refractivity contribution >= 4 is 17.4 Å². The average molecular weight is 406 g/mol. The van der Waals surface area contributed by atoms with E-state index in [-0.39, 0.29) is 29.4 Å². The molecule has 3 aromatic rings. The van der Waals surface area contributed by atoms with E-state index < -0.39 is 17.3 Å². The van der Waals surface area contributed by atoms with Gasteiger partial charge in [0.15, 0.2) is 5.78 Å². The number of benzene rings is 2. The van der Waals surface area contributed by atoms with Crippen LogP contribution in [-0.2, 0) is 6.42 Å². The first-order valence-electron chi connectivity index (χ1n) is 9.45. The molecule has 1 aliphatic rings. The van der Waals surface area contributed by atoms with Crippen molar-refractivity contribution in [2.24, 2.45) is 0 Å². The zero-order valence-electron chi connectivity index (χ0n) is 16.2. The van der Waals surface area contributed by atoms with Crippen molar-refractivity contribution in [1.82, 2.24) is 4.98 Å². The van der Waals surface area contributed by atoms with Crippen LogP contribution in [0.25, 0.3) is 0 Å². The summed E-state index contributed by atoms with van der Waals surface area (Å²) in [5.74, 6) is -0.697. The van der Waals surface area contributed by atoms with Crippen LogP contribution in [0.15, 0.2) is 59.4 Å². The number of anilines is 1. The van der Waals surface area contributed by atoms with Gasteiger partial charge in [0.25, 0.3) is 11.5 Å². The number of H-pyrrole nitrogens is 1. The van der Waals surface area contributed by atoms with Crippen LogP contribution in [0.4, 0.5) is 10.1 Å². The Labute approximate surface area is 171 Å². The van der Waals surface area contributed by atoms with Gasteiger partial charge in [0.05, 0.1) is 7.11 Å². The summed E-state index contributed by atoms with van der Waals surface area (Å²) in [7, 11) is 1.59. The first-order chi connectivity index (χ1) is 14.4. The fraction of sp³-hybridized carbons (Fsp3) is 0.174. The van der Waals surface area contributed by atoms with Gasteiger partial charge in [0.1, 0.15) is 17.1 Å². The van der Waals surface area contributed by atoms with E-state index in [1.54, 1.807) is 7.11 Å². The van der Waals surface area contributed by atoms with Gasteiger partial charge in [0, 0.05) is 23.4 Å². The van der Waals surface area contributed by atoms with Gasteiger partial charge < -0.3 is 15.0 Å². The monoisotopic (exact) mass is 406 g/mol. The van der Waals surface area contributed by atoms with Gasteiger partial charge in [-0.3, -0.25) is 14.4 Å². The number of ketones is 1. The van der Waals surface area contributed by atoms with Gasteiger partial charge in [-0.25, -0.2) is 4.39 Å². The Balaban J connectivity index is 1.60. The number of carbonyl (C=O) groups excluding carboxylic acids is 2. The Morgan fingerprint density at radius 2 is 1.87 bits per heavy atom. The molecular formula is C23H19FN2O4. The minimum Gasteiger partial charge on any atom is -0.497 e. The summed E-state index contributed by atoms with van der Waals surface area (Å²) in [6.45, 7) is 0. The van der Waals surface area contributed by atoms with Gasteiger partial charge >= 0.3 is 0 Å². The summed E-state index contributed by atoms with van der Waals surface area (Å²) >= 11 is 0. The molecule has 1 aliphatic carbocycles. The highest BCUT2D eigenvalue weighted by molar-refractivity contribution is 6.06. The number of halogens is 1. The summed E-state index contributed by atoms with van der Waals surface area (Å²) in [6, 6.07) is 14.2. The molecule has 7 heteroatoms. The number of pyridine rings is 1. The summed E-state index contributed by atoms with van der Waals surface area (Å²) in [6.07, 6.45) is 0.755. The lowest BCUT2D eigenvalue weighted by Gasteiger charge is -2.24. The molecule has 0 aliphatic heterocycles.